The van der Waals surface area contributed by atoms with Crippen molar-refractivity contribution in [2.75, 3.05) is 13.6 Å². The first-order chi connectivity index (χ1) is 7.45. The largest absolute Gasteiger partial charge is 0.376 e. The summed E-state index contributed by atoms with van der Waals surface area (Å²) in [6.07, 6.45) is 0.630. The van der Waals surface area contributed by atoms with Gasteiger partial charge in [-0.2, -0.15) is 8.78 Å². The number of alkyl halides is 2. The van der Waals surface area contributed by atoms with E-state index < -0.39 is 12.7 Å². The molecule has 0 amide bonds. The van der Waals surface area contributed by atoms with Gasteiger partial charge >= 0.3 is 6.61 Å². The summed E-state index contributed by atoms with van der Waals surface area (Å²) in [7, 11) is 1.79. The maximum Gasteiger partial charge on any atom is 0.345 e. The second kappa shape index (κ2) is 8.84. The molecular formula is C11H23F2NO2. The topological polar surface area (TPSA) is 30.5 Å². The molecule has 0 fully saturated rings. The van der Waals surface area contributed by atoms with Gasteiger partial charge in [-0.05, 0) is 47.2 Å². The van der Waals surface area contributed by atoms with Gasteiger partial charge in [0.2, 0.25) is 0 Å². The fourth-order valence-electron chi connectivity index (χ4n) is 1.58. The monoisotopic (exact) mass is 239 g/mol. The molecule has 98 valence electrons. The lowest BCUT2D eigenvalue weighted by Crippen LogP contribution is -2.27. The van der Waals surface area contributed by atoms with E-state index in [-0.39, 0.29) is 12.2 Å². The van der Waals surface area contributed by atoms with Gasteiger partial charge in [-0.25, -0.2) is 0 Å². The highest BCUT2D eigenvalue weighted by molar-refractivity contribution is 4.65. The van der Waals surface area contributed by atoms with Crippen LogP contribution in [0.1, 0.15) is 33.6 Å². The maximum absolute atomic E-state index is 12.1. The predicted octanol–water partition coefficient (Wildman–Crippen LogP) is 2.41. The minimum absolute atomic E-state index is 0.0689. The molecule has 1 unspecified atom stereocenters. The first kappa shape index (κ1) is 15.7. The number of rotatable bonds is 9. The molecule has 0 bridgehead atoms. The Hall–Kier alpha value is -0.260. The van der Waals surface area contributed by atoms with Gasteiger partial charge in [-0.15, -0.1) is 0 Å². The van der Waals surface area contributed by atoms with E-state index >= 15 is 0 Å². The van der Waals surface area contributed by atoms with Crippen LogP contribution in [0.25, 0.3) is 0 Å². The lowest BCUT2D eigenvalue weighted by Gasteiger charge is -2.22. The molecule has 0 aliphatic heterocycles. The maximum atomic E-state index is 12.1. The molecule has 0 aromatic heterocycles. The van der Waals surface area contributed by atoms with Crippen LogP contribution in [0.15, 0.2) is 0 Å². The van der Waals surface area contributed by atoms with Crippen LogP contribution in [0.5, 0.6) is 0 Å². The summed E-state index contributed by atoms with van der Waals surface area (Å²) in [5.41, 5.74) is 0. The molecule has 16 heavy (non-hydrogen) atoms. The third-order valence-corrected chi connectivity index (χ3v) is 2.11. The van der Waals surface area contributed by atoms with Crippen molar-refractivity contribution < 1.29 is 18.3 Å². The summed E-state index contributed by atoms with van der Waals surface area (Å²) >= 11 is 0. The number of hydrogen-bond donors (Lipinski definition) is 1. The van der Waals surface area contributed by atoms with Gasteiger partial charge < -0.3 is 14.8 Å². The van der Waals surface area contributed by atoms with Crippen molar-refractivity contribution in [2.45, 2.75) is 58.5 Å². The Morgan fingerprint density at radius 2 is 1.75 bits per heavy atom. The molecule has 0 aromatic rings. The van der Waals surface area contributed by atoms with Crippen LogP contribution in [-0.4, -0.2) is 38.5 Å². The van der Waals surface area contributed by atoms with E-state index in [1.807, 2.05) is 20.8 Å². The first-order valence-electron chi connectivity index (χ1n) is 5.69. The molecule has 0 aliphatic carbocycles. The van der Waals surface area contributed by atoms with Crippen LogP contribution >= 0.6 is 0 Å². The molecule has 2 atom stereocenters. The molecule has 5 heteroatoms. The van der Waals surface area contributed by atoms with Crippen LogP contribution < -0.4 is 5.32 Å². The van der Waals surface area contributed by atoms with Gasteiger partial charge in [0.05, 0.1) is 18.3 Å². The Labute approximate surface area is 96.5 Å². The van der Waals surface area contributed by atoms with Gasteiger partial charge in [0, 0.05) is 0 Å². The molecule has 0 spiro atoms. The molecular weight excluding hydrogens is 216 g/mol. The van der Waals surface area contributed by atoms with Crippen molar-refractivity contribution in [3.05, 3.63) is 0 Å². The lowest BCUT2D eigenvalue weighted by atomic mass is 10.1. The Morgan fingerprint density at radius 1 is 1.12 bits per heavy atom. The number of halogens is 2. The van der Waals surface area contributed by atoms with E-state index in [2.05, 4.69) is 10.1 Å². The minimum atomic E-state index is -2.71. The van der Waals surface area contributed by atoms with Crippen molar-refractivity contribution in [3.8, 4) is 0 Å². The summed E-state index contributed by atoms with van der Waals surface area (Å²) in [5, 5.41) is 2.92. The Balaban J connectivity index is 3.97. The van der Waals surface area contributed by atoms with Crippen LogP contribution in [0, 0.1) is 0 Å². The quantitative estimate of drug-likeness (QED) is 0.670. The fraction of sp³-hybridized carbons (Fsp3) is 1.00. The molecule has 0 aliphatic rings. The van der Waals surface area contributed by atoms with Gasteiger partial charge in [0.15, 0.2) is 0 Å². The van der Waals surface area contributed by atoms with E-state index in [0.29, 0.717) is 19.4 Å². The lowest BCUT2D eigenvalue weighted by molar-refractivity contribution is -0.173. The van der Waals surface area contributed by atoms with Crippen LogP contribution in [0.2, 0.25) is 0 Å². The molecule has 0 rings (SSSR count). The summed E-state index contributed by atoms with van der Waals surface area (Å²) in [4.78, 5) is 0. The second-order valence-corrected chi connectivity index (χ2v) is 4.14. The molecule has 0 radical (unpaired) electrons. The number of hydrogen-bond acceptors (Lipinski definition) is 3. The van der Waals surface area contributed by atoms with Crippen molar-refractivity contribution >= 4 is 0 Å². The third kappa shape index (κ3) is 9.00. The average Bonchev–Trinajstić information content (AvgIpc) is 2.11. The van der Waals surface area contributed by atoms with Crippen LogP contribution in [-0.2, 0) is 9.47 Å². The second-order valence-electron chi connectivity index (χ2n) is 4.14. The molecule has 3 nitrogen and oxygen atoms in total. The smallest absolute Gasteiger partial charge is 0.345 e. The summed E-state index contributed by atoms with van der Waals surface area (Å²) in [5.74, 6) is 0. The summed E-state index contributed by atoms with van der Waals surface area (Å²) in [6.45, 7) is 3.67. The number of nitrogens with one attached hydrogen (secondary N) is 1. The average molecular weight is 239 g/mol. The Morgan fingerprint density at radius 3 is 2.19 bits per heavy atom. The molecule has 0 saturated heterocycles. The molecule has 0 aromatic carbocycles. The van der Waals surface area contributed by atoms with Crippen molar-refractivity contribution in [1.82, 2.24) is 5.32 Å². The Kier molecular flexibility index (Phi) is 8.70. The standard InChI is InChI=1S/C11H23F2NO2/c1-8(2)15-9(3)7-10(5-6-14-4)16-11(12)13/h8-11,14H,5-7H2,1-4H3/t9?,10-/m0/s1. The highest BCUT2D eigenvalue weighted by atomic mass is 19.3. The SMILES string of the molecule is CNCC[C@@H](CC(C)OC(C)C)OC(F)F. The molecule has 0 saturated carbocycles. The normalized spacial score (nSPS) is 15.8. The highest BCUT2D eigenvalue weighted by Crippen LogP contribution is 2.14. The van der Waals surface area contributed by atoms with E-state index in [0.717, 1.165) is 0 Å². The number of ether oxygens (including phenoxy) is 2. The zero-order valence-electron chi connectivity index (χ0n) is 10.5. The van der Waals surface area contributed by atoms with E-state index in [1.165, 1.54) is 0 Å². The summed E-state index contributed by atoms with van der Waals surface area (Å²) in [6, 6.07) is 0. The minimum Gasteiger partial charge on any atom is -0.376 e. The first-order valence-corrected chi connectivity index (χ1v) is 5.69. The van der Waals surface area contributed by atoms with Gasteiger partial charge in [-0.1, -0.05) is 0 Å². The zero-order valence-corrected chi connectivity index (χ0v) is 10.5. The Bertz CT molecular complexity index is 168. The third-order valence-electron chi connectivity index (χ3n) is 2.11. The molecule has 0 heterocycles. The van der Waals surface area contributed by atoms with Gasteiger partial charge in [0.1, 0.15) is 0 Å². The van der Waals surface area contributed by atoms with Crippen molar-refractivity contribution in [1.29, 1.82) is 0 Å². The van der Waals surface area contributed by atoms with Gasteiger partial charge in [-0.3, -0.25) is 0 Å². The highest BCUT2D eigenvalue weighted by Gasteiger charge is 2.18. The van der Waals surface area contributed by atoms with Crippen molar-refractivity contribution in [2.24, 2.45) is 0 Å². The van der Waals surface area contributed by atoms with E-state index in [9.17, 15) is 8.78 Å². The van der Waals surface area contributed by atoms with Crippen LogP contribution in [0.4, 0.5) is 8.78 Å². The molecule has 1 N–H and O–H groups in total. The zero-order chi connectivity index (χ0) is 12.6. The van der Waals surface area contributed by atoms with Crippen LogP contribution in [0.3, 0.4) is 0 Å². The van der Waals surface area contributed by atoms with Gasteiger partial charge in [0.25, 0.3) is 0 Å². The van der Waals surface area contributed by atoms with E-state index in [4.69, 9.17) is 4.74 Å². The van der Waals surface area contributed by atoms with E-state index in [1.54, 1.807) is 7.05 Å². The predicted molar refractivity (Wildman–Crippen MR) is 59.7 cm³/mol. The van der Waals surface area contributed by atoms with Crippen molar-refractivity contribution in [3.63, 3.8) is 0 Å². The fourth-order valence-corrected chi connectivity index (χ4v) is 1.58. The summed E-state index contributed by atoms with van der Waals surface area (Å²) < 4.78 is 34.3.